The molecule has 0 radical (unpaired) electrons. The standard InChI is InChI=1S/C17H17ClN2O/c1-12-5-4-8-15(18)16(12)19-17(21)20-10-9-13-6-2-3-7-14(13)11-20/h2-8H,9-11H2,1H3,(H,19,21). The maximum atomic E-state index is 12.4. The van der Waals surface area contributed by atoms with Gasteiger partial charge in [0.25, 0.3) is 0 Å². The van der Waals surface area contributed by atoms with Crippen LogP contribution in [-0.2, 0) is 13.0 Å². The van der Waals surface area contributed by atoms with Gasteiger partial charge in [0.05, 0.1) is 10.7 Å². The number of fused-ring (bicyclic) bond motifs is 1. The molecule has 0 spiro atoms. The van der Waals surface area contributed by atoms with Gasteiger partial charge in [-0.05, 0) is 36.1 Å². The SMILES string of the molecule is Cc1cccc(Cl)c1NC(=O)N1CCc2ccccc2C1. The van der Waals surface area contributed by atoms with Crippen LogP contribution in [0.3, 0.4) is 0 Å². The number of hydrogen-bond donors (Lipinski definition) is 1. The van der Waals surface area contributed by atoms with Crippen LogP contribution in [0.15, 0.2) is 42.5 Å². The lowest BCUT2D eigenvalue weighted by Crippen LogP contribution is -2.39. The lowest BCUT2D eigenvalue weighted by atomic mass is 10.0. The highest BCUT2D eigenvalue weighted by atomic mass is 35.5. The fourth-order valence-electron chi connectivity index (χ4n) is 2.65. The van der Waals surface area contributed by atoms with E-state index in [0.29, 0.717) is 17.3 Å². The number of amides is 2. The number of urea groups is 1. The average Bonchev–Trinajstić information content (AvgIpc) is 2.50. The van der Waals surface area contributed by atoms with Crippen LogP contribution in [0.5, 0.6) is 0 Å². The first kappa shape index (κ1) is 14.0. The van der Waals surface area contributed by atoms with Crippen molar-refractivity contribution in [2.45, 2.75) is 19.9 Å². The van der Waals surface area contributed by atoms with Crippen LogP contribution in [-0.4, -0.2) is 17.5 Å². The first-order valence-electron chi connectivity index (χ1n) is 7.03. The third kappa shape index (κ3) is 2.88. The summed E-state index contributed by atoms with van der Waals surface area (Å²) in [6, 6.07) is 13.8. The van der Waals surface area contributed by atoms with E-state index in [1.807, 2.05) is 36.1 Å². The van der Waals surface area contributed by atoms with E-state index < -0.39 is 0 Å². The molecular formula is C17H17ClN2O. The van der Waals surface area contributed by atoms with Crippen molar-refractivity contribution in [1.29, 1.82) is 0 Å². The molecule has 108 valence electrons. The topological polar surface area (TPSA) is 32.3 Å². The second-order valence-electron chi connectivity index (χ2n) is 5.30. The lowest BCUT2D eigenvalue weighted by Gasteiger charge is -2.29. The maximum absolute atomic E-state index is 12.4. The highest BCUT2D eigenvalue weighted by Gasteiger charge is 2.21. The van der Waals surface area contributed by atoms with E-state index in [-0.39, 0.29) is 6.03 Å². The Hall–Kier alpha value is -2.00. The first-order valence-corrected chi connectivity index (χ1v) is 7.41. The Morgan fingerprint density at radius 2 is 1.90 bits per heavy atom. The van der Waals surface area contributed by atoms with Crippen LogP contribution >= 0.6 is 11.6 Å². The number of rotatable bonds is 1. The normalized spacial score (nSPS) is 13.7. The van der Waals surface area contributed by atoms with E-state index in [1.54, 1.807) is 6.07 Å². The van der Waals surface area contributed by atoms with E-state index in [9.17, 15) is 4.79 Å². The fraction of sp³-hybridized carbons (Fsp3) is 0.235. The second kappa shape index (κ2) is 5.78. The van der Waals surface area contributed by atoms with Crippen LogP contribution < -0.4 is 5.32 Å². The van der Waals surface area contributed by atoms with Crippen LogP contribution in [0.25, 0.3) is 0 Å². The Bertz CT molecular complexity index is 664. The molecule has 1 aliphatic rings. The summed E-state index contributed by atoms with van der Waals surface area (Å²) in [6.45, 7) is 3.31. The number of anilines is 1. The molecule has 2 amide bonds. The predicted octanol–water partition coefficient (Wildman–Crippen LogP) is 4.24. The molecule has 0 atom stereocenters. The summed E-state index contributed by atoms with van der Waals surface area (Å²) >= 11 is 6.16. The zero-order valence-corrected chi connectivity index (χ0v) is 12.7. The maximum Gasteiger partial charge on any atom is 0.322 e. The molecule has 4 heteroatoms. The lowest BCUT2D eigenvalue weighted by molar-refractivity contribution is 0.206. The van der Waals surface area contributed by atoms with Crippen molar-refractivity contribution in [1.82, 2.24) is 4.90 Å². The molecule has 2 aromatic carbocycles. The minimum Gasteiger partial charge on any atom is -0.320 e. The molecule has 2 aromatic rings. The molecule has 1 heterocycles. The molecule has 3 nitrogen and oxygen atoms in total. The van der Waals surface area contributed by atoms with Gasteiger partial charge < -0.3 is 10.2 Å². The van der Waals surface area contributed by atoms with E-state index in [4.69, 9.17) is 11.6 Å². The Morgan fingerprint density at radius 1 is 1.14 bits per heavy atom. The monoisotopic (exact) mass is 300 g/mol. The number of benzene rings is 2. The number of para-hydroxylation sites is 1. The van der Waals surface area contributed by atoms with E-state index >= 15 is 0 Å². The quantitative estimate of drug-likeness (QED) is 0.839. The van der Waals surface area contributed by atoms with Gasteiger partial charge in [0.1, 0.15) is 0 Å². The highest BCUT2D eigenvalue weighted by molar-refractivity contribution is 6.33. The molecule has 0 fully saturated rings. The molecule has 0 saturated heterocycles. The van der Waals surface area contributed by atoms with Crippen LogP contribution in [0.1, 0.15) is 16.7 Å². The molecule has 0 bridgehead atoms. The number of aryl methyl sites for hydroxylation is 1. The van der Waals surface area contributed by atoms with Gasteiger partial charge in [-0.2, -0.15) is 0 Å². The van der Waals surface area contributed by atoms with Crippen molar-refractivity contribution in [2.24, 2.45) is 0 Å². The van der Waals surface area contributed by atoms with Gasteiger partial charge in [0.15, 0.2) is 0 Å². The molecule has 0 unspecified atom stereocenters. The second-order valence-corrected chi connectivity index (χ2v) is 5.71. The fourth-order valence-corrected chi connectivity index (χ4v) is 2.91. The Balaban J connectivity index is 1.76. The van der Waals surface area contributed by atoms with E-state index in [2.05, 4.69) is 17.4 Å². The Kier molecular flexibility index (Phi) is 3.84. The van der Waals surface area contributed by atoms with Crippen LogP contribution in [0.2, 0.25) is 5.02 Å². The average molecular weight is 301 g/mol. The zero-order valence-electron chi connectivity index (χ0n) is 11.9. The summed E-state index contributed by atoms with van der Waals surface area (Å²) in [7, 11) is 0. The molecule has 1 aliphatic heterocycles. The van der Waals surface area contributed by atoms with Gasteiger partial charge in [-0.25, -0.2) is 4.79 Å². The highest BCUT2D eigenvalue weighted by Crippen LogP contribution is 2.26. The zero-order chi connectivity index (χ0) is 14.8. The first-order chi connectivity index (χ1) is 10.1. The summed E-state index contributed by atoms with van der Waals surface area (Å²) in [5, 5.41) is 3.50. The van der Waals surface area contributed by atoms with Crippen molar-refractivity contribution in [3.8, 4) is 0 Å². The van der Waals surface area contributed by atoms with Crippen molar-refractivity contribution < 1.29 is 4.79 Å². The number of nitrogens with zero attached hydrogens (tertiary/aromatic N) is 1. The van der Waals surface area contributed by atoms with Gasteiger partial charge in [0, 0.05) is 13.1 Å². The summed E-state index contributed by atoms with van der Waals surface area (Å²) in [4.78, 5) is 14.3. The Labute approximate surface area is 129 Å². The van der Waals surface area contributed by atoms with Crippen LogP contribution in [0.4, 0.5) is 10.5 Å². The van der Waals surface area contributed by atoms with Gasteiger partial charge in [-0.1, -0.05) is 48.0 Å². The molecule has 0 saturated carbocycles. The van der Waals surface area contributed by atoms with Gasteiger partial charge >= 0.3 is 6.03 Å². The number of hydrogen-bond acceptors (Lipinski definition) is 1. The third-order valence-corrected chi connectivity index (χ3v) is 4.19. The largest absolute Gasteiger partial charge is 0.322 e. The molecule has 3 rings (SSSR count). The molecule has 21 heavy (non-hydrogen) atoms. The number of nitrogens with one attached hydrogen (secondary N) is 1. The van der Waals surface area contributed by atoms with Gasteiger partial charge in [0.2, 0.25) is 0 Å². The minimum atomic E-state index is -0.0966. The minimum absolute atomic E-state index is 0.0966. The number of carbonyl (C=O) groups is 1. The molecule has 0 aromatic heterocycles. The predicted molar refractivity (Wildman–Crippen MR) is 85.8 cm³/mol. The van der Waals surface area contributed by atoms with Crippen molar-refractivity contribution in [2.75, 3.05) is 11.9 Å². The number of carbonyl (C=O) groups excluding carboxylic acids is 1. The smallest absolute Gasteiger partial charge is 0.320 e. The van der Waals surface area contributed by atoms with Crippen molar-refractivity contribution in [3.63, 3.8) is 0 Å². The summed E-state index contributed by atoms with van der Waals surface area (Å²) < 4.78 is 0. The summed E-state index contributed by atoms with van der Waals surface area (Å²) in [5.74, 6) is 0. The molecule has 0 aliphatic carbocycles. The Morgan fingerprint density at radius 3 is 2.67 bits per heavy atom. The summed E-state index contributed by atoms with van der Waals surface area (Å²) in [6.07, 6.45) is 0.894. The van der Waals surface area contributed by atoms with Crippen molar-refractivity contribution in [3.05, 3.63) is 64.2 Å². The van der Waals surface area contributed by atoms with E-state index in [1.165, 1.54) is 11.1 Å². The van der Waals surface area contributed by atoms with Crippen LogP contribution in [0, 0.1) is 6.92 Å². The van der Waals surface area contributed by atoms with Gasteiger partial charge in [-0.3, -0.25) is 0 Å². The molecular weight excluding hydrogens is 284 g/mol. The summed E-state index contributed by atoms with van der Waals surface area (Å²) in [5.41, 5.74) is 4.21. The van der Waals surface area contributed by atoms with E-state index in [0.717, 1.165) is 18.5 Å². The van der Waals surface area contributed by atoms with Crippen molar-refractivity contribution >= 4 is 23.3 Å². The van der Waals surface area contributed by atoms with Gasteiger partial charge in [-0.15, -0.1) is 0 Å². The molecule has 1 N–H and O–H groups in total. The number of halogens is 1. The third-order valence-electron chi connectivity index (χ3n) is 3.87.